The molecule has 2 aromatic rings. The van der Waals surface area contributed by atoms with E-state index in [0.29, 0.717) is 11.1 Å². The first kappa shape index (κ1) is 21.2. The Hall–Kier alpha value is -1.13. The van der Waals surface area contributed by atoms with Crippen molar-refractivity contribution >= 4 is 58.7 Å². The average molecular weight is 507 g/mol. The third kappa shape index (κ3) is 5.20. The van der Waals surface area contributed by atoms with Crippen LogP contribution in [0.5, 0.6) is 0 Å². The molecule has 1 aliphatic rings. The first-order valence-electron chi connectivity index (χ1n) is 8.32. The van der Waals surface area contributed by atoms with Crippen molar-refractivity contribution in [2.24, 2.45) is 4.99 Å². The van der Waals surface area contributed by atoms with Gasteiger partial charge in [0.15, 0.2) is 5.96 Å². The lowest BCUT2D eigenvalue weighted by molar-refractivity contribution is 0.648. The minimum absolute atomic E-state index is 0. The predicted molar refractivity (Wildman–Crippen MR) is 120 cm³/mol. The standard InChI is InChI=1S/C17H23ClN6S.HI/c1-11-15(25-12(2)22-11)9-21-17(19-3)23-13-6-8-24(10-13)16-14(18)5-4-7-20-16;/h4-5,7,13H,6,8-10H2,1-3H3,(H2,19,21,23);1H. The fourth-order valence-corrected chi connectivity index (χ4v) is 4.09. The summed E-state index contributed by atoms with van der Waals surface area (Å²) in [5.74, 6) is 1.66. The van der Waals surface area contributed by atoms with Gasteiger partial charge in [-0.3, -0.25) is 4.99 Å². The Bertz CT molecular complexity index is 765. The number of aliphatic imine (C=N–C) groups is 1. The number of nitrogens with zero attached hydrogens (tertiary/aromatic N) is 4. The molecule has 0 bridgehead atoms. The molecule has 0 aromatic carbocycles. The lowest BCUT2D eigenvalue weighted by atomic mass is 10.3. The van der Waals surface area contributed by atoms with Gasteiger partial charge in [0.2, 0.25) is 0 Å². The number of thiazole rings is 1. The van der Waals surface area contributed by atoms with Crippen LogP contribution in [0.1, 0.15) is 22.0 Å². The smallest absolute Gasteiger partial charge is 0.191 e. The van der Waals surface area contributed by atoms with Crippen molar-refractivity contribution in [3.05, 3.63) is 38.9 Å². The van der Waals surface area contributed by atoms with E-state index in [1.165, 1.54) is 4.88 Å². The van der Waals surface area contributed by atoms with Crippen LogP contribution in [0.25, 0.3) is 0 Å². The van der Waals surface area contributed by atoms with Gasteiger partial charge >= 0.3 is 0 Å². The second kappa shape index (κ2) is 9.70. The quantitative estimate of drug-likeness (QED) is 0.378. The van der Waals surface area contributed by atoms with Crippen molar-refractivity contribution in [2.45, 2.75) is 32.9 Å². The van der Waals surface area contributed by atoms with Gasteiger partial charge in [-0.2, -0.15) is 0 Å². The topological polar surface area (TPSA) is 65.4 Å². The molecule has 1 unspecified atom stereocenters. The summed E-state index contributed by atoms with van der Waals surface area (Å²) in [7, 11) is 1.79. The molecule has 3 heterocycles. The van der Waals surface area contributed by atoms with Gasteiger partial charge in [-0.15, -0.1) is 35.3 Å². The molecule has 6 nitrogen and oxygen atoms in total. The molecular weight excluding hydrogens is 483 g/mol. The molecule has 142 valence electrons. The SMILES string of the molecule is CN=C(NCc1sc(C)nc1C)NC1CCN(c2ncccc2Cl)C1.I. The highest BCUT2D eigenvalue weighted by molar-refractivity contribution is 14.0. The van der Waals surface area contributed by atoms with E-state index in [9.17, 15) is 0 Å². The summed E-state index contributed by atoms with van der Waals surface area (Å²) in [4.78, 5) is 16.7. The van der Waals surface area contributed by atoms with E-state index in [1.807, 2.05) is 26.0 Å². The van der Waals surface area contributed by atoms with Crippen LogP contribution in [0.15, 0.2) is 23.3 Å². The maximum atomic E-state index is 6.25. The van der Waals surface area contributed by atoms with Crippen molar-refractivity contribution in [1.82, 2.24) is 20.6 Å². The van der Waals surface area contributed by atoms with E-state index in [1.54, 1.807) is 24.6 Å². The Balaban J connectivity index is 0.00000243. The molecule has 0 radical (unpaired) electrons. The van der Waals surface area contributed by atoms with Crippen LogP contribution in [-0.2, 0) is 6.54 Å². The molecule has 1 aliphatic heterocycles. The monoisotopic (exact) mass is 506 g/mol. The minimum Gasteiger partial charge on any atom is -0.353 e. The first-order chi connectivity index (χ1) is 12.1. The summed E-state index contributed by atoms with van der Waals surface area (Å²) in [6.07, 6.45) is 2.80. The second-order valence-corrected chi connectivity index (χ2v) is 7.75. The number of hydrogen-bond acceptors (Lipinski definition) is 5. The van der Waals surface area contributed by atoms with Gasteiger partial charge in [0.1, 0.15) is 5.82 Å². The fourth-order valence-electron chi connectivity index (χ4n) is 2.97. The van der Waals surface area contributed by atoms with Gasteiger partial charge < -0.3 is 15.5 Å². The van der Waals surface area contributed by atoms with Crippen molar-refractivity contribution in [1.29, 1.82) is 0 Å². The number of rotatable bonds is 4. The third-order valence-electron chi connectivity index (χ3n) is 4.21. The van der Waals surface area contributed by atoms with Gasteiger partial charge in [0, 0.05) is 37.3 Å². The van der Waals surface area contributed by atoms with Gasteiger partial charge in [0.05, 0.1) is 22.3 Å². The number of pyridine rings is 1. The van der Waals surface area contributed by atoms with Gasteiger partial charge in [-0.05, 0) is 32.4 Å². The van der Waals surface area contributed by atoms with E-state index in [0.717, 1.165) is 48.5 Å². The zero-order valence-electron chi connectivity index (χ0n) is 15.1. The molecule has 26 heavy (non-hydrogen) atoms. The molecule has 0 amide bonds. The summed E-state index contributed by atoms with van der Waals surface area (Å²) in [6, 6.07) is 4.05. The van der Waals surface area contributed by atoms with Crippen molar-refractivity contribution in [3.8, 4) is 0 Å². The summed E-state index contributed by atoms with van der Waals surface area (Å²) in [6.45, 7) is 6.60. The molecule has 3 rings (SSSR count). The van der Waals surface area contributed by atoms with Crippen LogP contribution in [0, 0.1) is 13.8 Å². The molecule has 1 atom stereocenters. The molecule has 1 fully saturated rings. The second-order valence-electron chi connectivity index (χ2n) is 6.05. The molecule has 9 heteroatoms. The van der Waals surface area contributed by atoms with Crippen LogP contribution < -0.4 is 15.5 Å². The largest absolute Gasteiger partial charge is 0.353 e. The molecule has 2 aromatic heterocycles. The number of anilines is 1. The zero-order valence-corrected chi connectivity index (χ0v) is 19.0. The van der Waals surface area contributed by atoms with Crippen LogP contribution in [0.4, 0.5) is 5.82 Å². The van der Waals surface area contributed by atoms with Crippen molar-refractivity contribution in [3.63, 3.8) is 0 Å². The van der Waals surface area contributed by atoms with Crippen LogP contribution >= 0.6 is 46.9 Å². The van der Waals surface area contributed by atoms with E-state index < -0.39 is 0 Å². The Morgan fingerprint density at radius 2 is 2.27 bits per heavy atom. The number of aryl methyl sites for hydroxylation is 2. The first-order valence-corrected chi connectivity index (χ1v) is 9.52. The normalized spacial score (nSPS) is 17.2. The number of hydrogen-bond donors (Lipinski definition) is 2. The highest BCUT2D eigenvalue weighted by atomic mass is 127. The molecule has 0 saturated carbocycles. The minimum atomic E-state index is 0. The molecule has 0 spiro atoms. The Morgan fingerprint density at radius 3 is 2.92 bits per heavy atom. The fraction of sp³-hybridized carbons (Fsp3) is 0.471. The Kier molecular flexibility index (Phi) is 7.90. The maximum absolute atomic E-state index is 6.25. The zero-order chi connectivity index (χ0) is 17.8. The number of nitrogens with one attached hydrogen (secondary N) is 2. The third-order valence-corrected chi connectivity index (χ3v) is 5.58. The highest BCUT2D eigenvalue weighted by Crippen LogP contribution is 2.25. The van der Waals surface area contributed by atoms with E-state index in [4.69, 9.17) is 11.6 Å². The van der Waals surface area contributed by atoms with E-state index >= 15 is 0 Å². The number of halogens is 2. The summed E-state index contributed by atoms with van der Waals surface area (Å²) >= 11 is 7.98. The van der Waals surface area contributed by atoms with Gasteiger partial charge in [-0.25, -0.2) is 9.97 Å². The predicted octanol–water partition coefficient (Wildman–Crippen LogP) is 3.37. The molecule has 2 N–H and O–H groups in total. The summed E-state index contributed by atoms with van der Waals surface area (Å²) in [5.41, 5.74) is 1.09. The van der Waals surface area contributed by atoms with E-state index in [2.05, 4.69) is 30.5 Å². The number of guanidine groups is 1. The summed E-state index contributed by atoms with van der Waals surface area (Å²) < 4.78 is 0. The van der Waals surface area contributed by atoms with Gasteiger partial charge in [-0.1, -0.05) is 11.6 Å². The Morgan fingerprint density at radius 1 is 1.46 bits per heavy atom. The number of aromatic nitrogens is 2. The lowest BCUT2D eigenvalue weighted by Crippen LogP contribution is -2.44. The highest BCUT2D eigenvalue weighted by Gasteiger charge is 2.25. The Labute approximate surface area is 180 Å². The summed E-state index contributed by atoms with van der Waals surface area (Å²) in [5, 5.41) is 8.66. The van der Waals surface area contributed by atoms with E-state index in [-0.39, 0.29) is 24.0 Å². The molecule has 1 saturated heterocycles. The van der Waals surface area contributed by atoms with Crippen LogP contribution in [-0.4, -0.2) is 42.1 Å². The van der Waals surface area contributed by atoms with Crippen molar-refractivity contribution < 1.29 is 0 Å². The average Bonchev–Trinajstić information content (AvgIpc) is 3.18. The lowest BCUT2D eigenvalue weighted by Gasteiger charge is -2.20. The molecule has 0 aliphatic carbocycles. The van der Waals surface area contributed by atoms with Crippen LogP contribution in [0.2, 0.25) is 5.02 Å². The van der Waals surface area contributed by atoms with Crippen LogP contribution in [0.3, 0.4) is 0 Å². The maximum Gasteiger partial charge on any atom is 0.191 e. The van der Waals surface area contributed by atoms with Gasteiger partial charge in [0.25, 0.3) is 0 Å². The van der Waals surface area contributed by atoms with Crippen molar-refractivity contribution in [2.75, 3.05) is 25.0 Å². The molecular formula is C17H24ClIN6S.